The molecule has 0 radical (unpaired) electrons. The lowest BCUT2D eigenvalue weighted by atomic mass is 10.7. The minimum absolute atomic E-state index is 0.644. The van der Waals surface area contributed by atoms with Crippen molar-refractivity contribution >= 4 is 8.56 Å². The van der Waals surface area contributed by atoms with Gasteiger partial charge >= 0.3 is 8.56 Å². The van der Waals surface area contributed by atoms with E-state index in [4.69, 9.17) is 8.85 Å². The highest BCUT2D eigenvalue weighted by Gasteiger charge is 2.31. The van der Waals surface area contributed by atoms with Gasteiger partial charge in [0.15, 0.2) is 0 Å². The lowest BCUT2D eigenvalue weighted by molar-refractivity contribution is 0.283. The zero-order valence-electron chi connectivity index (χ0n) is 8.02. The van der Waals surface area contributed by atoms with Crippen LogP contribution in [0.2, 0.25) is 6.55 Å². The van der Waals surface area contributed by atoms with E-state index in [0.29, 0.717) is 11.5 Å². The second kappa shape index (κ2) is 4.16. The molecule has 0 N–H and O–H groups in total. The Bertz CT molecular complexity index is 193. The van der Waals surface area contributed by atoms with Crippen molar-refractivity contribution in [2.45, 2.75) is 20.4 Å². The van der Waals surface area contributed by atoms with E-state index in [1.54, 1.807) is 19.5 Å². The molecule has 0 rings (SSSR count). The smallest absolute Gasteiger partial charge is 0.483 e. The molecule has 0 aliphatic rings. The number of rotatable bonds is 5. The molecule has 0 saturated carbocycles. The Morgan fingerprint density at radius 3 is 1.67 bits per heavy atom. The van der Waals surface area contributed by atoms with Gasteiger partial charge in [-0.2, -0.15) is 0 Å². The molecule has 0 heterocycles. The normalized spacial score (nSPS) is 10.2. The van der Waals surface area contributed by atoms with E-state index >= 15 is 0 Å². The van der Waals surface area contributed by atoms with E-state index in [2.05, 4.69) is 19.7 Å². The third-order valence-electron chi connectivity index (χ3n) is 1.12. The summed E-state index contributed by atoms with van der Waals surface area (Å²) in [4.78, 5) is 0. The van der Waals surface area contributed by atoms with Crippen LogP contribution in [0.3, 0.4) is 0 Å². The summed E-state index contributed by atoms with van der Waals surface area (Å²) in [6, 6.07) is 0. The second-order valence-corrected chi connectivity index (χ2v) is 5.68. The van der Waals surface area contributed by atoms with Gasteiger partial charge in [-0.3, -0.25) is 0 Å². The highest BCUT2D eigenvalue weighted by Crippen LogP contribution is 2.15. The van der Waals surface area contributed by atoms with E-state index in [1.165, 1.54) is 0 Å². The molecule has 0 aromatic heterocycles. The first kappa shape index (κ1) is 11.0. The van der Waals surface area contributed by atoms with Crippen LogP contribution < -0.4 is 0 Å². The Balaban J connectivity index is 4.33. The Kier molecular flexibility index (Phi) is 3.83. The summed E-state index contributed by atoms with van der Waals surface area (Å²) in [6.07, 6.45) is 0. The van der Waals surface area contributed by atoms with E-state index in [0.717, 1.165) is 0 Å². The van der Waals surface area contributed by atoms with E-state index in [1.807, 2.05) is 6.55 Å². The van der Waals surface area contributed by atoms with Crippen LogP contribution in [0.1, 0.15) is 13.8 Å². The Labute approximate surface area is 75.4 Å². The minimum atomic E-state index is -2.28. The van der Waals surface area contributed by atoms with Crippen LogP contribution in [0.25, 0.3) is 0 Å². The third-order valence-corrected chi connectivity index (χ3v) is 3.37. The van der Waals surface area contributed by atoms with Crippen molar-refractivity contribution in [2.75, 3.05) is 0 Å². The van der Waals surface area contributed by atoms with Crippen molar-refractivity contribution < 1.29 is 8.85 Å². The van der Waals surface area contributed by atoms with Crippen LogP contribution in [-0.2, 0) is 8.85 Å². The topological polar surface area (TPSA) is 18.5 Å². The Morgan fingerprint density at radius 2 is 1.50 bits per heavy atom. The molecular weight excluding hydrogens is 168 g/mol. The van der Waals surface area contributed by atoms with Gasteiger partial charge < -0.3 is 8.85 Å². The van der Waals surface area contributed by atoms with E-state index in [9.17, 15) is 0 Å². The number of allylic oxidation sites excluding steroid dienone is 2. The highest BCUT2D eigenvalue weighted by molar-refractivity contribution is 6.71. The van der Waals surface area contributed by atoms with Gasteiger partial charge in [-0.05, 0) is 19.5 Å². The molecule has 0 fully saturated rings. The average molecular weight is 184 g/mol. The minimum Gasteiger partial charge on any atom is -0.514 e. The van der Waals surface area contributed by atoms with Crippen LogP contribution in [0, 0.1) is 0 Å². The third kappa shape index (κ3) is 4.03. The van der Waals surface area contributed by atoms with E-state index in [-0.39, 0.29) is 0 Å². The van der Waals surface area contributed by atoms with Gasteiger partial charge in [0.05, 0.1) is 11.5 Å². The molecule has 0 spiro atoms. The maximum absolute atomic E-state index is 5.44. The summed E-state index contributed by atoms with van der Waals surface area (Å²) in [6.45, 7) is 16.4. The summed E-state index contributed by atoms with van der Waals surface area (Å²) in [7, 11) is -2.28. The largest absolute Gasteiger partial charge is 0.514 e. The molecule has 0 unspecified atom stereocenters. The molecule has 0 amide bonds. The molecule has 68 valence electrons. The molecule has 3 heteroatoms. The van der Waals surface area contributed by atoms with Crippen molar-refractivity contribution in [3.8, 4) is 0 Å². The van der Waals surface area contributed by atoms with Crippen LogP contribution in [0.4, 0.5) is 0 Å². The van der Waals surface area contributed by atoms with Gasteiger partial charge in [0.25, 0.3) is 0 Å². The SMILES string of the molecule is C=C[Si](C)(OC(=C)C)OC(=C)C. The molecule has 0 atom stereocenters. The first-order valence-corrected chi connectivity index (χ1v) is 6.11. The van der Waals surface area contributed by atoms with Gasteiger partial charge in [-0.15, -0.1) is 6.58 Å². The predicted octanol–water partition coefficient (Wildman–Crippen LogP) is 2.88. The summed E-state index contributed by atoms with van der Waals surface area (Å²) >= 11 is 0. The zero-order valence-corrected chi connectivity index (χ0v) is 9.02. The van der Waals surface area contributed by atoms with Gasteiger partial charge in [0.1, 0.15) is 0 Å². The van der Waals surface area contributed by atoms with Gasteiger partial charge in [0, 0.05) is 6.55 Å². The van der Waals surface area contributed by atoms with Crippen molar-refractivity contribution in [3.05, 3.63) is 37.0 Å². The van der Waals surface area contributed by atoms with Crippen molar-refractivity contribution in [1.29, 1.82) is 0 Å². The summed E-state index contributed by atoms with van der Waals surface area (Å²) < 4.78 is 10.9. The fourth-order valence-corrected chi connectivity index (χ4v) is 2.39. The standard InChI is InChI=1S/C9H16O2Si/c1-7-12(6,10-8(2)3)11-9(4)5/h7H,1-2,4H2,3,5-6H3. The molecule has 12 heavy (non-hydrogen) atoms. The number of hydrogen-bond donors (Lipinski definition) is 0. The molecule has 2 nitrogen and oxygen atoms in total. The van der Waals surface area contributed by atoms with Gasteiger partial charge in [0.2, 0.25) is 0 Å². The molecular formula is C9H16O2Si. The van der Waals surface area contributed by atoms with Crippen LogP contribution in [0.5, 0.6) is 0 Å². The molecule has 0 aliphatic heterocycles. The Hall–Kier alpha value is -0.963. The fraction of sp³-hybridized carbons (Fsp3) is 0.333. The van der Waals surface area contributed by atoms with E-state index < -0.39 is 8.56 Å². The number of hydrogen-bond acceptors (Lipinski definition) is 2. The van der Waals surface area contributed by atoms with Crippen molar-refractivity contribution in [3.63, 3.8) is 0 Å². The van der Waals surface area contributed by atoms with Crippen molar-refractivity contribution in [1.82, 2.24) is 0 Å². The monoisotopic (exact) mass is 184 g/mol. The molecule has 0 saturated heterocycles. The molecule has 0 bridgehead atoms. The van der Waals surface area contributed by atoms with Gasteiger partial charge in [-0.25, -0.2) is 0 Å². The summed E-state index contributed by atoms with van der Waals surface area (Å²) in [5.41, 5.74) is 1.70. The molecule has 0 aliphatic carbocycles. The maximum Gasteiger partial charge on any atom is 0.483 e. The summed E-state index contributed by atoms with van der Waals surface area (Å²) in [5.74, 6) is 1.29. The predicted molar refractivity (Wildman–Crippen MR) is 53.6 cm³/mol. The molecule has 0 aromatic rings. The van der Waals surface area contributed by atoms with Crippen LogP contribution in [0.15, 0.2) is 37.0 Å². The lowest BCUT2D eigenvalue weighted by Crippen LogP contribution is -2.35. The summed E-state index contributed by atoms with van der Waals surface area (Å²) in [5, 5.41) is 0. The van der Waals surface area contributed by atoms with Crippen LogP contribution in [-0.4, -0.2) is 8.56 Å². The molecule has 0 aromatic carbocycles. The fourth-order valence-electron chi connectivity index (χ4n) is 0.796. The Morgan fingerprint density at radius 1 is 1.17 bits per heavy atom. The second-order valence-electron chi connectivity index (χ2n) is 2.83. The first-order chi connectivity index (χ1) is 5.39. The highest BCUT2D eigenvalue weighted by atomic mass is 28.4. The first-order valence-electron chi connectivity index (χ1n) is 3.72. The maximum atomic E-state index is 5.44. The van der Waals surface area contributed by atoms with Crippen molar-refractivity contribution in [2.24, 2.45) is 0 Å². The average Bonchev–Trinajstić information content (AvgIpc) is 1.83. The van der Waals surface area contributed by atoms with Crippen LogP contribution >= 0.6 is 0 Å². The zero-order chi connectivity index (χ0) is 9.78. The lowest BCUT2D eigenvalue weighted by Gasteiger charge is -2.24. The quantitative estimate of drug-likeness (QED) is 0.483. The van der Waals surface area contributed by atoms with Gasteiger partial charge in [-0.1, -0.05) is 13.2 Å².